The molecule has 1 rings (SSSR count). The van der Waals surface area contributed by atoms with Gasteiger partial charge in [0.2, 0.25) is 5.91 Å². The first-order valence-corrected chi connectivity index (χ1v) is 4.95. The summed E-state index contributed by atoms with van der Waals surface area (Å²) in [5, 5.41) is 14.4. The molecule has 1 amide bonds. The number of rotatable bonds is 5. The third-order valence-electron chi connectivity index (χ3n) is 2.83. The van der Waals surface area contributed by atoms with Gasteiger partial charge in [-0.25, -0.2) is 0 Å². The van der Waals surface area contributed by atoms with Gasteiger partial charge in [0.1, 0.15) is 0 Å². The number of carbonyl (C=O) groups is 1. The molecule has 0 saturated heterocycles. The summed E-state index contributed by atoms with van der Waals surface area (Å²) in [7, 11) is 1.63. The lowest BCUT2D eigenvalue weighted by atomic mass is 10.0. The van der Waals surface area contributed by atoms with E-state index in [9.17, 15) is 4.79 Å². The highest BCUT2D eigenvalue weighted by Crippen LogP contribution is 2.47. The number of amides is 1. The van der Waals surface area contributed by atoms with Gasteiger partial charge in [-0.3, -0.25) is 4.79 Å². The summed E-state index contributed by atoms with van der Waals surface area (Å²) in [5.74, 6) is -0.00208. The van der Waals surface area contributed by atoms with Gasteiger partial charge >= 0.3 is 0 Å². The summed E-state index contributed by atoms with van der Waals surface area (Å²) in [6.45, 7) is 2.61. The molecule has 0 bridgehead atoms. The fourth-order valence-electron chi connectivity index (χ4n) is 1.44. The minimum absolute atomic E-state index is 0.00208. The average molecular weight is 195 g/mol. The number of likely N-dealkylation sites (N-methyl/N-ethyl adjacent to an activating group) is 1. The molecule has 0 radical (unpaired) electrons. The van der Waals surface area contributed by atoms with Crippen LogP contribution >= 0.6 is 0 Å². The smallest absolute Gasteiger partial charge is 0.236 e. The Hall–Kier alpha value is -1.08. The van der Waals surface area contributed by atoms with Crippen molar-refractivity contribution in [3.05, 3.63) is 0 Å². The molecule has 1 saturated carbocycles. The lowest BCUT2D eigenvalue weighted by molar-refractivity contribution is -0.122. The number of hydrogen-bond acceptors (Lipinski definition) is 3. The van der Waals surface area contributed by atoms with Crippen LogP contribution in [0.5, 0.6) is 0 Å². The van der Waals surface area contributed by atoms with Crippen LogP contribution in [0.1, 0.15) is 26.2 Å². The molecule has 0 aliphatic heterocycles. The van der Waals surface area contributed by atoms with Gasteiger partial charge < -0.3 is 10.6 Å². The van der Waals surface area contributed by atoms with Crippen molar-refractivity contribution in [1.82, 2.24) is 10.6 Å². The highest BCUT2D eigenvalue weighted by atomic mass is 16.2. The van der Waals surface area contributed by atoms with E-state index in [-0.39, 0.29) is 17.4 Å². The minimum Gasteiger partial charge on any atom is -0.358 e. The van der Waals surface area contributed by atoms with Crippen molar-refractivity contribution in [1.29, 1.82) is 5.26 Å². The van der Waals surface area contributed by atoms with Gasteiger partial charge in [0, 0.05) is 20.0 Å². The summed E-state index contributed by atoms with van der Waals surface area (Å²) < 4.78 is 0. The molecule has 0 heterocycles. The first kappa shape index (κ1) is 11.0. The van der Waals surface area contributed by atoms with E-state index in [1.165, 1.54) is 0 Å². The second kappa shape index (κ2) is 4.43. The molecule has 0 aromatic carbocycles. The Morgan fingerprint density at radius 2 is 2.29 bits per heavy atom. The molecule has 78 valence electrons. The summed E-state index contributed by atoms with van der Waals surface area (Å²) in [6, 6.07) is 2.03. The van der Waals surface area contributed by atoms with E-state index in [1.807, 2.05) is 6.92 Å². The largest absolute Gasteiger partial charge is 0.358 e. The Bertz CT molecular complexity index is 253. The normalized spacial score (nSPS) is 19.5. The molecule has 1 fully saturated rings. The molecule has 4 heteroatoms. The van der Waals surface area contributed by atoms with Crippen molar-refractivity contribution >= 4 is 5.91 Å². The maximum atomic E-state index is 11.2. The molecule has 0 aromatic rings. The average Bonchev–Trinajstić information content (AvgIpc) is 2.94. The summed E-state index contributed by atoms with van der Waals surface area (Å²) in [4.78, 5) is 11.2. The van der Waals surface area contributed by atoms with Crippen molar-refractivity contribution in [2.45, 2.75) is 32.2 Å². The lowest BCUT2D eigenvalue weighted by Crippen LogP contribution is -2.42. The molecule has 1 unspecified atom stereocenters. The van der Waals surface area contributed by atoms with Gasteiger partial charge in [-0.05, 0) is 25.2 Å². The Balaban J connectivity index is 2.27. The van der Waals surface area contributed by atoms with Crippen molar-refractivity contribution in [3.8, 4) is 6.07 Å². The van der Waals surface area contributed by atoms with Gasteiger partial charge in [-0.2, -0.15) is 5.26 Å². The standard InChI is InChI=1S/C10H17N3O/c1-8(9(14)12-2)13-7-10(3-4-10)5-6-11/h8,13H,3-5,7H2,1-2H3,(H,12,14). The third-order valence-corrected chi connectivity index (χ3v) is 2.83. The number of nitriles is 1. The molecule has 14 heavy (non-hydrogen) atoms. The van der Waals surface area contributed by atoms with Crippen LogP contribution in [0.15, 0.2) is 0 Å². The minimum atomic E-state index is -0.170. The third kappa shape index (κ3) is 2.71. The number of hydrogen-bond donors (Lipinski definition) is 2. The number of carbonyl (C=O) groups excluding carboxylic acids is 1. The molecule has 0 spiro atoms. The van der Waals surface area contributed by atoms with E-state index < -0.39 is 0 Å². The predicted octanol–water partition coefficient (Wildman–Crippen LogP) is 0.404. The van der Waals surface area contributed by atoms with E-state index >= 15 is 0 Å². The second-order valence-electron chi connectivity index (χ2n) is 4.05. The monoisotopic (exact) mass is 195 g/mol. The Morgan fingerprint density at radius 1 is 1.64 bits per heavy atom. The summed E-state index contributed by atoms with van der Waals surface area (Å²) in [6.07, 6.45) is 2.81. The van der Waals surface area contributed by atoms with E-state index in [2.05, 4.69) is 16.7 Å². The molecular weight excluding hydrogens is 178 g/mol. The quantitative estimate of drug-likeness (QED) is 0.667. The SMILES string of the molecule is CNC(=O)C(C)NCC1(CC#N)CC1. The first-order chi connectivity index (χ1) is 6.63. The van der Waals surface area contributed by atoms with Crippen molar-refractivity contribution in [2.24, 2.45) is 5.41 Å². The van der Waals surface area contributed by atoms with Crippen LogP contribution < -0.4 is 10.6 Å². The lowest BCUT2D eigenvalue weighted by Gasteiger charge is -2.16. The van der Waals surface area contributed by atoms with E-state index in [4.69, 9.17) is 5.26 Å². The van der Waals surface area contributed by atoms with Gasteiger partial charge in [0.25, 0.3) is 0 Å². The van der Waals surface area contributed by atoms with Crippen molar-refractivity contribution in [3.63, 3.8) is 0 Å². The maximum Gasteiger partial charge on any atom is 0.236 e. The number of nitrogens with one attached hydrogen (secondary N) is 2. The van der Waals surface area contributed by atoms with Gasteiger partial charge in [-0.1, -0.05) is 0 Å². The Morgan fingerprint density at radius 3 is 2.71 bits per heavy atom. The molecule has 2 N–H and O–H groups in total. The van der Waals surface area contributed by atoms with Gasteiger partial charge in [0.05, 0.1) is 12.1 Å². The summed E-state index contributed by atoms with van der Waals surface area (Å²) >= 11 is 0. The van der Waals surface area contributed by atoms with Crippen LogP contribution in [0, 0.1) is 16.7 Å². The van der Waals surface area contributed by atoms with Crippen LogP contribution in [-0.4, -0.2) is 25.5 Å². The van der Waals surface area contributed by atoms with Crippen LogP contribution in [0.2, 0.25) is 0 Å². The van der Waals surface area contributed by atoms with Crippen LogP contribution in [0.25, 0.3) is 0 Å². The summed E-state index contributed by atoms with van der Waals surface area (Å²) in [5.41, 5.74) is 0.164. The topological polar surface area (TPSA) is 64.9 Å². The van der Waals surface area contributed by atoms with Crippen molar-refractivity contribution in [2.75, 3.05) is 13.6 Å². The van der Waals surface area contributed by atoms with E-state index in [0.29, 0.717) is 6.42 Å². The Kier molecular flexibility index (Phi) is 3.48. The van der Waals surface area contributed by atoms with Crippen LogP contribution in [0.4, 0.5) is 0 Å². The zero-order chi connectivity index (χ0) is 10.6. The highest BCUT2D eigenvalue weighted by Gasteiger charge is 2.42. The first-order valence-electron chi connectivity index (χ1n) is 4.95. The molecule has 1 atom stereocenters. The molecule has 0 aromatic heterocycles. The zero-order valence-corrected chi connectivity index (χ0v) is 8.76. The van der Waals surface area contributed by atoms with Gasteiger partial charge in [0.15, 0.2) is 0 Å². The maximum absolute atomic E-state index is 11.2. The van der Waals surface area contributed by atoms with Gasteiger partial charge in [-0.15, -0.1) is 0 Å². The van der Waals surface area contributed by atoms with Crippen molar-refractivity contribution < 1.29 is 4.79 Å². The second-order valence-corrected chi connectivity index (χ2v) is 4.05. The van der Waals surface area contributed by atoms with Crippen LogP contribution in [-0.2, 0) is 4.79 Å². The molecular formula is C10H17N3O. The Labute approximate surface area is 84.7 Å². The molecule has 4 nitrogen and oxygen atoms in total. The fourth-order valence-corrected chi connectivity index (χ4v) is 1.44. The fraction of sp³-hybridized carbons (Fsp3) is 0.800. The van der Waals surface area contributed by atoms with E-state index in [0.717, 1.165) is 19.4 Å². The predicted molar refractivity (Wildman–Crippen MR) is 53.4 cm³/mol. The number of nitrogens with zero attached hydrogens (tertiary/aromatic N) is 1. The van der Waals surface area contributed by atoms with E-state index in [1.54, 1.807) is 7.05 Å². The highest BCUT2D eigenvalue weighted by molar-refractivity contribution is 5.80. The zero-order valence-electron chi connectivity index (χ0n) is 8.76. The molecule has 1 aliphatic carbocycles. The van der Waals surface area contributed by atoms with Crippen LogP contribution in [0.3, 0.4) is 0 Å². The molecule has 1 aliphatic rings.